The fourth-order valence-electron chi connectivity index (χ4n) is 8.11. The maximum absolute atomic E-state index is 13.1. The third kappa shape index (κ3) is 40.6. The SMILES string of the molecule is CC/C=C\C/C=C\C/C=C\C/C=C\CCCCC(=O)OC(COC(=O)CCCCCCCC/C=C\C/C=C\C/C=C\CCCCC)COC1OC(C(=O)O)C(O)C(O)C1OC(=O)CCCCCCC/C=C\CCCC. The van der Waals surface area contributed by atoms with Crippen molar-refractivity contribution in [1.82, 2.24) is 0 Å². The number of carboxylic acid groups (broad SMARTS) is 1. The number of hydrogen-bond donors (Lipinski definition) is 3. The van der Waals surface area contributed by atoms with Crippen molar-refractivity contribution >= 4 is 23.9 Å². The molecule has 1 fully saturated rings. The molecule has 1 heterocycles. The molecule has 12 nitrogen and oxygen atoms in total. The number of aliphatic hydroxyl groups is 2. The van der Waals surface area contributed by atoms with E-state index in [9.17, 15) is 34.5 Å². The first-order chi connectivity index (χ1) is 36.6. The van der Waals surface area contributed by atoms with E-state index in [1.165, 1.54) is 38.5 Å². The predicted molar refractivity (Wildman–Crippen MR) is 303 cm³/mol. The van der Waals surface area contributed by atoms with Gasteiger partial charge < -0.3 is 39.0 Å². The first kappa shape index (κ1) is 68.7. The van der Waals surface area contributed by atoms with E-state index in [0.29, 0.717) is 19.3 Å². The molecule has 6 atom stereocenters. The number of esters is 3. The van der Waals surface area contributed by atoms with Crippen LogP contribution < -0.4 is 0 Å². The van der Waals surface area contributed by atoms with Crippen molar-refractivity contribution in [2.75, 3.05) is 13.2 Å². The maximum Gasteiger partial charge on any atom is 0.335 e. The number of rotatable bonds is 48. The van der Waals surface area contributed by atoms with Crippen LogP contribution in [0.3, 0.4) is 0 Å². The summed E-state index contributed by atoms with van der Waals surface area (Å²) >= 11 is 0. The van der Waals surface area contributed by atoms with Crippen molar-refractivity contribution in [3.05, 3.63) is 97.2 Å². The van der Waals surface area contributed by atoms with Gasteiger partial charge in [0.1, 0.15) is 18.8 Å². The van der Waals surface area contributed by atoms with Crippen molar-refractivity contribution in [2.45, 2.75) is 263 Å². The van der Waals surface area contributed by atoms with Crippen LogP contribution in [0.5, 0.6) is 0 Å². The van der Waals surface area contributed by atoms with Crippen LogP contribution in [0.1, 0.15) is 226 Å². The third-order valence-electron chi connectivity index (χ3n) is 12.6. The van der Waals surface area contributed by atoms with Gasteiger partial charge in [-0.1, -0.05) is 189 Å². The van der Waals surface area contributed by atoms with Gasteiger partial charge >= 0.3 is 23.9 Å². The van der Waals surface area contributed by atoms with Gasteiger partial charge in [-0.3, -0.25) is 14.4 Å². The lowest BCUT2D eigenvalue weighted by Crippen LogP contribution is -2.61. The Hall–Kier alpha value is -4.36. The van der Waals surface area contributed by atoms with Gasteiger partial charge in [-0.05, 0) is 116 Å². The number of aliphatic carboxylic acids is 1. The van der Waals surface area contributed by atoms with Gasteiger partial charge in [0, 0.05) is 19.3 Å². The highest BCUT2D eigenvalue weighted by atomic mass is 16.7. The zero-order chi connectivity index (χ0) is 54.7. The summed E-state index contributed by atoms with van der Waals surface area (Å²) in [5.41, 5.74) is 0. The van der Waals surface area contributed by atoms with Crippen molar-refractivity contribution in [1.29, 1.82) is 0 Å². The summed E-state index contributed by atoms with van der Waals surface area (Å²) in [5.74, 6) is -3.22. The minimum atomic E-state index is -1.92. The zero-order valence-electron chi connectivity index (χ0n) is 46.8. The summed E-state index contributed by atoms with van der Waals surface area (Å²) in [6.45, 7) is 5.74. The van der Waals surface area contributed by atoms with Gasteiger partial charge in [-0.2, -0.15) is 0 Å². The predicted octanol–water partition coefficient (Wildman–Crippen LogP) is 14.9. The van der Waals surface area contributed by atoms with E-state index in [4.69, 9.17) is 23.7 Å². The van der Waals surface area contributed by atoms with Crippen molar-refractivity contribution in [3.8, 4) is 0 Å². The lowest BCUT2D eigenvalue weighted by Gasteiger charge is -2.40. The maximum atomic E-state index is 13.1. The molecule has 0 aromatic carbocycles. The molecule has 1 aliphatic heterocycles. The Morgan fingerprint density at radius 3 is 1.36 bits per heavy atom. The number of unbranched alkanes of at least 4 members (excludes halogenated alkanes) is 18. The van der Waals surface area contributed by atoms with Crippen LogP contribution >= 0.6 is 0 Å². The number of carbonyl (C=O) groups excluding carboxylic acids is 3. The Kier molecular flexibility index (Phi) is 46.2. The van der Waals surface area contributed by atoms with E-state index in [1.807, 2.05) is 0 Å². The second-order valence-corrected chi connectivity index (χ2v) is 19.5. The van der Waals surface area contributed by atoms with E-state index in [2.05, 4.69) is 118 Å². The number of allylic oxidation sites excluding steroid dienone is 16. The summed E-state index contributed by atoms with van der Waals surface area (Å²) in [7, 11) is 0. The summed E-state index contributed by atoms with van der Waals surface area (Å²) in [6.07, 6.45) is 53.9. The van der Waals surface area contributed by atoms with Crippen LogP contribution in [-0.2, 0) is 42.9 Å². The van der Waals surface area contributed by atoms with E-state index in [0.717, 1.165) is 128 Å². The van der Waals surface area contributed by atoms with Crippen LogP contribution in [-0.4, -0.2) is 89.2 Å². The molecule has 3 N–H and O–H groups in total. The summed E-state index contributed by atoms with van der Waals surface area (Å²) in [6, 6.07) is 0. The van der Waals surface area contributed by atoms with Gasteiger partial charge in [0.15, 0.2) is 24.6 Å². The number of carboxylic acids is 1. The van der Waals surface area contributed by atoms with Crippen LogP contribution in [0.25, 0.3) is 0 Å². The third-order valence-corrected chi connectivity index (χ3v) is 12.6. The molecule has 1 saturated heterocycles. The standard InChI is InChI=1S/C63H102O12/c1-4-7-10-13-16-19-22-24-26-27-28-29-31-32-35-37-40-43-46-49-55(64)71-52-54(73-56(65)50-47-44-41-39-36-33-30-25-23-20-17-14-11-8-5-2)53-72-63-61(59(68)58(67)60(75-63)62(69)70)74-57(66)51-48-45-42-38-34-21-18-15-12-9-6-3/h8,11,15-20,24-26,28-30,36,39,54,58-61,63,67-68H,4-7,9-10,12-14,21-23,27,31-35,37-38,40-53H2,1-3H3,(H,69,70)/b11-8-,18-15-,19-16-,20-17-,26-24-,29-28-,30-25-,39-36-. The monoisotopic (exact) mass is 1050 g/mol. The first-order valence-electron chi connectivity index (χ1n) is 29.2. The molecule has 1 rings (SSSR count). The second kappa shape index (κ2) is 50.5. The normalized spacial score (nSPS) is 18.9. The molecule has 1 aliphatic rings. The van der Waals surface area contributed by atoms with Gasteiger partial charge in [0.2, 0.25) is 0 Å². The Bertz CT molecular complexity index is 1670. The molecule has 0 amide bonds. The molecule has 0 saturated carbocycles. The molecule has 12 heteroatoms. The molecular formula is C63H102O12. The largest absolute Gasteiger partial charge is 0.479 e. The topological polar surface area (TPSA) is 175 Å². The van der Waals surface area contributed by atoms with Crippen LogP contribution in [0.4, 0.5) is 0 Å². The van der Waals surface area contributed by atoms with E-state index < -0.39 is 67.3 Å². The average Bonchev–Trinajstić information content (AvgIpc) is 3.39. The molecule has 0 aromatic heterocycles. The highest BCUT2D eigenvalue weighted by molar-refractivity contribution is 5.74. The van der Waals surface area contributed by atoms with Crippen molar-refractivity contribution in [2.24, 2.45) is 0 Å². The fraction of sp³-hybridized carbons (Fsp3) is 0.683. The average molecular weight is 1050 g/mol. The summed E-state index contributed by atoms with van der Waals surface area (Å²) in [5, 5.41) is 31.4. The molecule has 75 heavy (non-hydrogen) atoms. The van der Waals surface area contributed by atoms with E-state index >= 15 is 0 Å². The second-order valence-electron chi connectivity index (χ2n) is 19.5. The van der Waals surface area contributed by atoms with E-state index in [-0.39, 0.29) is 25.9 Å². The lowest BCUT2D eigenvalue weighted by molar-refractivity contribution is -0.301. The first-order valence-corrected chi connectivity index (χ1v) is 29.2. The molecule has 426 valence electrons. The quantitative estimate of drug-likeness (QED) is 0.0228. The number of hydrogen-bond acceptors (Lipinski definition) is 11. The van der Waals surface area contributed by atoms with Crippen LogP contribution in [0.15, 0.2) is 97.2 Å². The highest BCUT2D eigenvalue weighted by Crippen LogP contribution is 2.26. The number of carbonyl (C=O) groups is 4. The molecular weight excluding hydrogens is 949 g/mol. The zero-order valence-corrected chi connectivity index (χ0v) is 46.8. The molecule has 0 radical (unpaired) electrons. The van der Waals surface area contributed by atoms with Crippen LogP contribution in [0.2, 0.25) is 0 Å². The van der Waals surface area contributed by atoms with E-state index in [1.54, 1.807) is 0 Å². The van der Waals surface area contributed by atoms with Crippen LogP contribution in [0, 0.1) is 0 Å². The van der Waals surface area contributed by atoms with Crippen molar-refractivity contribution < 1.29 is 58.2 Å². The molecule has 0 aliphatic carbocycles. The minimum absolute atomic E-state index is 0.0393. The molecule has 6 unspecified atom stereocenters. The Labute approximate surface area is 453 Å². The lowest BCUT2D eigenvalue weighted by atomic mass is 9.98. The Balaban J connectivity index is 2.72. The molecule has 0 aromatic rings. The molecule has 0 spiro atoms. The van der Waals surface area contributed by atoms with Gasteiger partial charge in [0.05, 0.1) is 6.61 Å². The van der Waals surface area contributed by atoms with Crippen molar-refractivity contribution in [3.63, 3.8) is 0 Å². The minimum Gasteiger partial charge on any atom is -0.479 e. The smallest absolute Gasteiger partial charge is 0.335 e. The number of ether oxygens (including phenoxy) is 5. The summed E-state index contributed by atoms with van der Waals surface area (Å²) < 4.78 is 28.3. The Morgan fingerprint density at radius 1 is 0.453 bits per heavy atom. The summed E-state index contributed by atoms with van der Waals surface area (Å²) in [4.78, 5) is 51.0. The molecule has 0 bridgehead atoms. The fourth-order valence-corrected chi connectivity index (χ4v) is 8.11. The highest BCUT2D eigenvalue weighted by Gasteiger charge is 2.50. The number of aliphatic hydroxyl groups excluding tert-OH is 2. The van der Waals surface area contributed by atoms with Gasteiger partial charge in [0.25, 0.3) is 0 Å². The van der Waals surface area contributed by atoms with Gasteiger partial charge in [-0.25, -0.2) is 4.79 Å². The van der Waals surface area contributed by atoms with Gasteiger partial charge in [-0.15, -0.1) is 0 Å². The Morgan fingerprint density at radius 2 is 0.853 bits per heavy atom.